The van der Waals surface area contributed by atoms with Gasteiger partial charge in [0.1, 0.15) is 12.1 Å². The molecule has 0 radical (unpaired) electrons. The number of carbonyl (C=O) groups is 4. The number of H-pyrrole nitrogens is 1. The molecule has 0 aliphatic rings. The maximum absolute atomic E-state index is 12.6. The first kappa shape index (κ1) is 22.1. The molecule has 1 heterocycles. The van der Waals surface area contributed by atoms with E-state index in [0.717, 1.165) is 0 Å². The minimum absolute atomic E-state index is 0.0901. The highest BCUT2D eigenvalue weighted by Gasteiger charge is 2.26. The number of nitrogens with two attached hydrogens (primary N) is 1. The van der Waals surface area contributed by atoms with Crippen LogP contribution in [0.3, 0.4) is 0 Å². The van der Waals surface area contributed by atoms with Gasteiger partial charge >= 0.3 is 5.97 Å². The predicted molar refractivity (Wildman–Crippen MR) is 95.4 cm³/mol. The number of unbranched alkanes of at least 4 members (excludes halogenated alkanes) is 1. The Balaban J connectivity index is 2.76. The SMILES string of the molecule is CC(=O)NCC(=O)NC(Cc1cnc[nH]1)C(=O)N[C@@H](CCCCN)C(=O)O. The molecule has 0 aliphatic heterocycles. The van der Waals surface area contributed by atoms with Crippen molar-refractivity contribution in [2.24, 2.45) is 5.73 Å². The molecule has 1 aromatic rings. The number of nitrogens with one attached hydrogen (secondary N) is 4. The number of aliphatic carboxylic acids is 1. The second kappa shape index (κ2) is 11.6. The Kier molecular flexibility index (Phi) is 9.51. The highest BCUT2D eigenvalue weighted by atomic mass is 16.4. The molecule has 1 aromatic heterocycles. The number of carbonyl (C=O) groups excluding carboxylic acids is 3. The van der Waals surface area contributed by atoms with Gasteiger partial charge in [0.05, 0.1) is 12.9 Å². The lowest BCUT2D eigenvalue weighted by Gasteiger charge is -2.21. The normalized spacial score (nSPS) is 12.7. The Labute approximate surface area is 156 Å². The maximum Gasteiger partial charge on any atom is 0.326 e. The van der Waals surface area contributed by atoms with E-state index in [-0.39, 0.29) is 25.3 Å². The van der Waals surface area contributed by atoms with Crippen LogP contribution in [-0.4, -0.2) is 63.9 Å². The zero-order valence-electron chi connectivity index (χ0n) is 15.2. The molecule has 0 spiro atoms. The second-order valence-corrected chi connectivity index (χ2v) is 5.99. The summed E-state index contributed by atoms with van der Waals surface area (Å²) in [6.07, 6.45) is 4.44. The molecule has 11 nitrogen and oxygen atoms in total. The average molecular weight is 382 g/mol. The van der Waals surface area contributed by atoms with E-state index in [9.17, 15) is 24.3 Å². The molecule has 11 heteroatoms. The Morgan fingerprint density at radius 3 is 2.52 bits per heavy atom. The van der Waals surface area contributed by atoms with Crippen LogP contribution in [0, 0.1) is 0 Å². The van der Waals surface area contributed by atoms with Gasteiger partial charge < -0.3 is 31.8 Å². The Morgan fingerprint density at radius 1 is 1.22 bits per heavy atom. The standard InChI is InChI=1S/C16H26N6O5/c1-10(23)19-8-14(24)21-13(6-11-7-18-9-20-11)15(25)22-12(16(26)27)4-2-3-5-17/h7,9,12-13H,2-6,8,17H2,1H3,(H,18,20)(H,19,23)(H,21,24)(H,22,25)(H,26,27)/t12-,13?/m0/s1. The molecule has 7 N–H and O–H groups in total. The molecule has 3 amide bonds. The van der Waals surface area contributed by atoms with Crippen LogP contribution in [0.15, 0.2) is 12.5 Å². The average Bonchev–Trinajstić information content (AvgIpc) is 3.11. The van der Waals surface area contributed by atoms with Gasteiger partial charge in [-0.2, -0.15) is 0 Å². The van der Waals surface area contributed by atoms with Crippen molar-refractivity contribution < 1.29 is 24.3 Å². The third kappa shape index (κ3) is 8.81. The summed E-state index contributed by atoms with van der Waals surface area (Å²) in [6, 6.07) is -2.11. The first-order chi connectivity index (χ1) is 12.8. The first-order valence-electron chi connectivity index (χ1n) is 8.57. The zero-order valence-corrected chi connectivity index (χ0v) is 15.2. The van der Waals surface area contributed by atoms with Gasteiger partial charge in [-0.25, -0.2) is 9.78 Å². The van der Waals surface area contributed by atoms with Crippen molar-refractivity contribution in [3.63, 3.8) is 0 Å². The van der Waals surface area contributed by atoms with E-state index in [2.05, 4.69) is 25.9 Å². The van der Waals surface area contributed by atoms with Crippen LogP contribution in [0.4, 0.5) is 0 Å². The predicted octanol–water partition coefficient (Wildman–Crippen LogP) is -1.73. The first-order valence-corrected chi connectivity index (χ1v) is 8.57. The van der Waals surface area contributed by atoms with Crippen LogP contribution in [0.1, 0.15) is 31.9 Å². The molecule has 1 rings (SSSR count). The number of amides is 3. The highest BCUT2D eigenvalue weighted by molar-refractivity contribution is 5.91. The van der Waals surface area contributed by atoms with Crippen molar-refractivity contribution >= 4 is 23.7 Å². The van der Waals surface area contributed by atoms with Gasteiger partial charge in [-0.05, 0) is 25.8 Å². The molecule has 2 atom stereocenters. The summed E-state index contributed by atoms with van der Waals surface area (Å²) < 4.78 is 0. The number of hydrogen-bond donors (Lipinski definition) is 6. The van der Waals surface area contributed by atoms with Gasteiger partial charge in [-0.3, -0.25) is 14.4 Å². The fraction of sp³-hybridized carbons (Fsp3) is 0.562. The minimum atomic E-state index is -1.16. The lowest BCUT2D eigenvalue weighted by atomic mass is 10.1. The molecule has 0 bridgehead atoms. The summed E-state index contributed by atoms with van der Waals surface area (Å²) in [5.41, 5.74) is 5.99. The van der Waals surface area contributed by atoms with E-state index >= 15 is 0 Å². The number of rotatable bonds is 12. The third-order valence-electron chi connectivity index (χ3n) is 3.69. The van der Waals surface area contributed by atoms with Gasteiger partial charge in [0.15, 0.2) is 0 Å². The highest BCUT2D eigenvalue weighted by Crippen LogP contribution is 2.04. The van der Waals surface area contributed by atoms with Gasteiger partial charge in [0.2, 0.25) is 17.7 Å². The van der Waals surface area contributed by atoms with Crippen molar-refractivity contribution in [1.29, 1.82) is 0 Å². The van der Waals surface area contributed by atoms with E-state index in [1.807, 2.05) is 0 Å². The van der Waals surface area contributed by atoms with Crippen molar-refractivity contribution in [2.75, 3.05) is 13.1 Å². The molecule has 0 aliphatic carbocycles. The van der Waals surface area contributed by atoms with Gasteiger partial charge in [-0.1, -0.05) is 0 Å². The topological polar surface area (TPSA) is 179 Å². The molecule has 0 saturated carbocycles. The Morgan fingerprint density at radius 2 is 1.96 bits per heavy atom. The fourth-order valence-corrected chi connectivity index (χ4v) is 2.30. The van der Waals surface area contributed by atoms with Crippen LogP contribution in [0.2, 0.25) is 0 Å². The monoisotopic (exact) mass is 382 g/mol. The minimum Gasteiger partial charge on any atom is -0.480 e. The number of nitrogens with zero attached hydrogens (tertiary/aromatic N) is 1. The number of aromatic amines is 1. The summed E-state index contributed by atoms with van der Waals surface area (Å²) in [5, 5.41) is 16.6. The van der Waals surface area contributed by atoms with Crippen LogP contribution >= 0.6 is 0 Å². The van der Waals surface area contributed by atoms with Crippen LogP contribution in [0.5, 0.6) is 0 Å². The Bertz CT molecular complexity index is 633. The fourth-order valence-electron chi connectivity index (χ4n) is 2.30. The van der Waals surface area contributed by atoms with Crippen molar-refractivity contribution in [3.05, 3.63) is 18.2 Å². The molecule has 1 unspecified atom stereocenters. The Hall–Kier alpha value is -2.95. The summed E-state index contributed by atoms with van der Waals surface area (Å²) in [7, 11) is 0. The number of carboxylic acids is 1. The third-order valence-corrected chi connectivity index (χ3v) is 3.69. The van der Waals surface area contributed by atoms with Crippen molar-refractivity contribution in [3.8, 4) is 0 Å². The van der Waals surface area contributed by atoms with Crippen molar-refractivity contribution in [1.82, 2.24) is 25.9 Å². The molecular formula is C16H26N6O5. The number of aromatic nitrogens is 2. The molecule has 150 valence electrons. The summed E-state index contributed by atoms with van der Waals surface area (Å²) >= 11 is 0. The molecular weight excluding hydrogens is 356 g/mol. The molecule has 0 fully saturated rings. The molecule has 27 heavy (non-hydrogen) atoms. The number of imidazole rings is 1. The quantitative estimate of drug-likeness (QED) is 0.232. The molecule has 0 aromatic carbocycles. The summed E-state index contributed by atoms with van der Waals surface area (Å²) in [4.78, 5) is 53.5. The number of hydrogen-bond acceptors (Lipinski definition) is 6. The second-order valence-electron chi connectivity index (χ2n) is 5.99. The smallest absolute Gasteiger partial charge is 0.326 e. The maximum atomic E-state index is 12.6. The van der Waals surface area contributed by atoms with Crippen LogP contribution in [0.25, 0.3) is 0 Å². The van der Waals surface area contributed by atoms with Crippen LogP contribution in [-0.2, 0) is 25.6 Å². The van der Waals surface area contributed by atoms with E-state index < -0.39 is 29.9 Å². The van der Waals surface area contributed by atoms with E-state index in [4.69, 9.17) is 5.73 Å². The van der Waals surface area contributed by atoms with Gasteiger partial charge in [0, 0.05) is 25.2 Å². The van der Waals surface area contributed by atoms with Crippen molar-refractivity contribution in [2.45, 2.75) is 44.7 Å². The van der Waals surface area contributed by atoms with Crippen LogP contribution < -0.4 is 21.7 Å². The zero-order chi connectivity index (χ0) is 20.2. The summed E-state index contributed by atoms with van der Waals surface area (Å²) in [6.45, 7) is 1.41. The largest absolute Gasteiger partial charge is 0.480 e. The van der Waals surface area contributed by atoms with Gasteiger partial charge in [-0.15, -0.1) is 0 Å². The lowest BCUT2D eigenvalue weighted by molar-refractivity contribution is -0.142. The summed E-state index contributed by atoms with van der Waals surface area (Å²) in [5.74, 6) is -2.75. The van der Waals surface area contributed by atoms with E-state index in [1.165, 1.54) is 19.4 Å². The van der Waals surface area contributed by atoms with Gasteiger partial charge in [0.25, 0.3) is 0 Å². The lowest BCUT2D eigenvalue weighted by Crippen LogP contribution is -2.53. The number of carboxylic acid groups (broad SMARTS) is 1. The molecule has 0 saturated heterocycles. The van der Waals surface area contributed by atoms with E-state index in [0.29, 0.717) is 25.1 Å². The van der Waals surface area contributed by atoms with E-state index in [1.54, 1.807) is 0 Å².